The maximum atomic E-state index is 11.7. The van der Waals surface area contributed by atoms with Crippen molar-refractivity contribution in [2.45, 2.75) is 25.7 Å². The molecule has 1 fully saturated rings. The first kappa shape index (κ1) is 19.7. The molecular weight excluding hydrogens is 406 g/mol. The highest BCUT2D eigenvalue weighted by Crippen LogP contribution is 2.33. The third kappa shape index (κ3) is 4.16. The summed E-state index contributed by atoms with van der Waals surface area (Å²) in [6, 6.07) is 18.1. The smallest absolute Gasteiger partial charge is 0.307 e. The number of carboxylic acid groups (broad SMARTS) is 1. The van der Waals surface area contributed by atoms with Crippen molar-refractivity contribution in [3.05, 3.63) is 65.2 Å². The lowest BCUT2D eigenvalue weighted by atomic mass is 10.0. The average Bonchev–Trinajstić information content (AvgIpc) is 3.23. The molecule has 2 aromatic carbocycles. The Morgan fingerprint density at radius 2 is 1.74 bits per heavy atom. The van der Waals surface area contributed by atoms with Crippen LogP contribution in [0.5, 0.6) is 0 Å². The number of carboxylic acids is 1. The van der Waals surface area contributed by atoms with Crippen LogP contribution in [-0.4, -0.2) is 34.1 Å². The van der Waals surface area contributed by atoms with Gasteiger partial charge >= 0.3 is 5.97 Å². The first-order chi connectivity index (χ1) is 15.2. The number of benzene rings is 2. The molecule has 5 rings (SSSR count). The van der Waals surface area contributed by atoms with Gasteiger partial charge in [-0.15, -0.1) is 11.3 Å². The molecule has 0 spiro atoms. The molecule has 0 radical (unpaired) electrons. The molecule has 0 atom stereocenters. The molecule has 0 bridgehead atoms. The molecule has 1 N–H and O–H groups in total. The highest BCUT2D eigenvalue weighted by Gasteiger charge is 2.19. The summed E-state index contributed by atoms with van der Waals surface area (Å²) in [6.45, 7) is 1.95. The normalized spacial score (nSPS) is 15.0. The maximum absolute atomic E-state index is 11.7. The second-order valence-corrected chi connectivity index (χ2v) is 8.90. The Bertz CT molecular complexity index is 1260. The average molecular weight is 430 g/mol. The van der Waals surface area contributed by atoms with Crippen LogP contribution in [0.3, 0.4) is 0 Å². The number of anilines is 1. The van der Waals surface area contributed by atoms with Crippen molar-refractivity contribution in [1.82, 2.24) is 9.97 Å². The van der Waals surface area contributed by atoms with Gasteiger partial charge in [0.25, 0.3) is 0 Å². The highest BCUT2D eigenvalue weighted by atomic mass is 32.1. The molecule has 0 amide bonds. The Kier molecular flexibility index (Phi) is 5.38. The Hall–Kier alpha value is -3.25. The molecule has 0 saturated carbocycles. The predicted molar refractivity (Wildman–Crippen MR) is 128 cm³/mol. The number of para-hydroxylation sites is 2. The number of hydrogen-bond acceptors (Lipinski definition) is 5. The molecule has 156 valence electrons. The fourth-order valence-electron chi connectivity index (χ4n) is 4.14. The summed E-state index contributed by atoms with van der Waals surface area (Å²) in [7, 11) is 0. The topological polar surface area (TPSA) is 66.3 Å². The Morgan fingerprint density at radius 3 is 2.52 bits per heavy atom. The van der Waals surface area contributed by atoms with Crippen molar-refractivity contribution >= 4 is 55.9 Å². The number of piperidine rings is 1. The van der Waals surface area contributed by atoms with Gasteiger partial charge in [-0.1, -0.05) is 30.3 Å². The third-order valence-electron chi connectivity index (χ3n) is 5.63. The second kappa shape index (κ2) is 8.47. The summed E-state index contributed by atoms with van der Waals surface area (Å²) in [4.78, 5) is 23.7. The fraction of sp³-hybridized carbons (Fsp3) is 0.240. The van der Waals surface area contributed by atoms with E-state index in [1.807, 2.05) is 54.6 Å². The van der Waals surface area contributed by atoms with Gasteiger partial charge in [0.15, 0.2) is 0 Å². The predicted octanol–water partition coefficient (Wildman–Crippen LogP) is 5.85. The Balaban J connectivity index is 1.67. The number of aromatic nitrogens is 2. The first-order valence-corrected chi connectivity index (χ1v) is 11.4. The van der Waals surface area contributed by atoms with Gasteiger partial charge < -0.3 is 10.0 Å². The summed E-state index contributed by atoms with van der Waals surface area (Å²) in [6.07, 6.45) is 5.45. The number of pyridine rings is 1. The van der Waals surface area contributed by atoms with Gasteiger partial charge in [-0.2, -0.15) is 0 Å². The molecule has 1 saturated heterocycles. The van der Waals surface area contributed by atoms with Crippen molar-refractivity contribution < 1.29 is 9.90 Å². The zero-order valence-corrected chi connectivity index (χ0v) is 17.9. The third-order valence-corrected chi connectivity index (χ3v) is 6.74. The van der Waals surface area contributed by atoms with Crippen molar-refractivity contribution in [2.24, 2.45) is 0 Å². The molecule has 1 aliphatic rings. The molecule has 3 heterocycles. The first-order valence-electron chi connectivity index (χ1n) is 10.6. The van der Waals surface area contributed by atoms with Crippen LogP contribution >= 0.6 is 11.3 Å². The number of nitrogens with zero attached hydrogens (tertiary/aromatic N) is 3. The lowest BCUT2D eigenvalue weighted by molar-refractivity contribution is -0.135. The zero-order chi connectivity index (χ0) is 21.2. The summed E-state index contributed by atoms with van der Waals surface area (Å²) >= 11 is 1.53. The van der Waals surface area contributed by atoms with E-state index in [1.165, 1.54) is 17.8 Å². The van der Waals surface area contributed by atoms with Gasteiger partial charge in [0.1, 0.15) is 10.8 Å². The summed E-state index contributed by atoms with van der Waals surface area (Å²) in [5.41, 5.74) is 3.52. The Labute approximate surface area is 184 Å². The van der Waals surface area contributed by atoms with Crippen LogP contribution in [0.4, 0.5) is 5.82 Å². The molecule has 4 aromatic rings. The molecule has 5 nitrogen and oxygen atoms in total. The number of hydrogen-bond donors (Lipinski definition) is 1. The van der Waals surface area contributed by atoms with E-state index in [1.54, 1.807) is 0 Å². The van der Waals surface area contributed by atoms with Gasteiger partial charge in [-0.3, -0.25) is 4.79 Å². The number of thiazole rings is 1. The van der Waals surface area contributed by atoms with Crippen molar-refractivity contribution in [2.75, 3.05) is 18.0 Å². The van der Waals surface area contributed by atoms with Gasteiger partial charge in [-0.25, -0.2) is 9.97 Å². The van der Waals surface area contributed by atoms with Gasteiger partial charge in [0.05, 0.1) is 22.2 Å². The fourth-order valence-corrected chi connectivity index (χ4v) is 5.12. The van der Waals surface area contributed by atoms with Gasteiger partial charge in [-0.05, 0) is 55.2 Å². The summed E-state index contributed by atoms with van der Waals surface area (Å²) in [5.74, 6) is 0.0705. The van der Waals surface area contributed by atoms with Crippen molar-refractivity contribution in [1.29, 1.82) is 0 Å². The van der Waals surface area contributed by atoms with Crippen LogP contribution in [0.25, 0.3) is 32.8 Å². The van der Waals surface area contributed by atoms with E-state index in [9.17, 15) is 9.90 Å². The van der Waals surface area contributed by atoms with Crippen molar-refractivity contribution in [3.63, 3.8) is 0 Å². The SMILES string of the molecule is O=C(O)CC(=Cc1cc2ccccc2nc1N1CCCCC1)c1nc2ccccc2s1. The number of rotatable bonds is 5. The van der Waals surface area contributed by atoms with Crippen LogP contribution in [0, 0.1) is 0 Å². The summed E-state index contributed by atoms with van der Waals surface area (Å²) < 4.78 is 1.06. The number of aliphatic carboxylic acids is 1. The molecule has 0 aliphatic carbocycles. The van der Waals surface area contributed by atoms with Crippen LogP contribution < -0.4 is 4.90 Å². The van der Waals surface area contributed by atoms with Crippen molar-refractivity contribution in [3.8, 4) is 0 Å². The van der Waals surface area contributed by atoms with Crippen LogP contribution in [0.1, 0.15) is 36.3 Å². The molecule has 0 unspecified atom stereocenters. The summed E-state index contributed by atoms with van der Waals surface area (Å²) in [5, 5.41) is 11.4. The van der Waals surface area contributed by atoms with E-state index in [0.717, 1.165) is 63.4 Å². The quantitative estimate of drug-likeness (QED) is 0.431. The minimum Gasteiger partial charge on any atom is -0.481 e. The van der Waals surface area contributed by atoms with E-state index in [4.69, 9.17) is 9.97 Å². The van der Waals surface area contributed by atoms with E-state index < -0.39 is 5.97 Å². The minimum absolute atomic E-state index is 0.0773. The van der Waals surface area contributed by atoms with Gasteiger partial charge in [0.2, 0.25) is 0 Å². The minimum atomic E-state index is -0.862. The van der Waals surface area contributed by atoms with Crippen LogP contribution in [-0.2, 0) is 4.79 Å². The molecule has 6 heteroatoms. The lowest BCUT2D eigenvalue weighted by Gasteiger charge is -2.29. The van der Waals surface area contributed by atoms with Crippen LogP contribution in [0.15, 0.2) is 54.6 Å². The van der Waals surface area contributed by atoms with E-state index in [2.05, 4.69) is 11.0 Å². The second-order valence-electron chi connectivity index (χ2n) is 7.87. The number of carbonyl (C=O) groups is 1. The molecule has 1 aliphatic heterocycles. The number of fused-ring (bicyclic) bond motifs is 2. The maximum Gasteiger partial charge on any atom is 0.307 e. The lowest BCUT2D eigenvalue weighted by Crippen LogP contribution is -2.30. The zero-order valence-electron chi connectivity index (χ0n) is 17.1. The Morgan fingerprint density at radius 1 is 1.00 bits per heavy atom. The van der Waals surface area contributed by atoms with E-state index >= 15 is 0 Å². The highest BCUT2D eigenvalue weighted by molar-refractivity contribution is 7.19. The van der Waals surface area contributed by atoms with E-state index in [-0.39, 0.29) is 6.42 Å². The molecule has 31 heavy (non-hydrogen) atoms. The monoisotopic (exact) mass is 429 g/mol. The standard InChI is InChI=1S/C25H23N3O2S/c29-23(30)16-19(25-27-21-10-4-5-11-22(21)31-25)15-18-14-17-8-2-3-9-20(17)26-24(18)28-12-6-1-7-13-28/h2-5,8-11,14-15H,1,6-7,12-13,16H2,(H,29,30). The largest absolute Gasteiger partial charge is 0.481 e. The van der Waals surface area contributed by atoms with Gasteiger partial charge in [0, 0.05) is 24.0 Å². The molecule has 2 aromatic heterocycles. The molecular formula is C25H23N3O2S. The van der Waals surface area contributed by atoms with Crippen LogP contribution in [0.2, 0.25) is 0 Å². The van der Waals surface area contributed by atoms with E-state index in [0.29, 0.717) is 5.57 Å².